The van der Waals surface area contributed by atoms with Crippen molar-refractivity contribution in [3.63, 3.8) is 0 Å². The van der Waals surface area contributed by atoms with E-state index in [1.807, 2.05) is 0 Å². The highest BCUT2D eigenvalue weighted by Crippen LogP contribution is 2.27. The van der Waals surface area contributed by atoms with Crippen molar-refractivity contribution in [2.75, 3.05) is 0 Å². The Kier molecular flexibility index (Phi) is 3.85. The largest absolute Gasteiger partial charge is 0.414 e. The molecule has 0 amide bonds. The summed E-state index contributed by atoms with van der Waals surface area (Å²) in [5.74, 6) is 0. The molecule has 3 nitrogen and oxygen atoms in total. The number of alkyl halides is 3. The summed E-state index contributed by atoms with van der Waals surface area (Å²) in [6.07, 6.45) is -7.62. The van der Waals surface area contributed by atoms with Gasteiger partial charge < -0.3 is 5.11 Å². The Morgan fingerprint density at radius 2 is 2.06 bits per heavy atom. The SMILES string of the molecule is CCn1nc(C)c(Cl)c1C[C@@H](O)C(F)(F)F. The first-order valence-corrected chi connectivity index (χ1v) is 5.11. The molecule has 1 aromatic rings. The Morgan fingerprint density at radius 1 is 1.50 bits per heavy atom. The molecular formula is C9H12ClF3N2O. The average Bonchev–Trinajstić information content (AvgIpc) is 2.44. The number of aliphatic hydroxyl groups excluding tert-OH is 1. The van der Waals surface area contributed by atoms with Crippen molar-refractivity contribution in [1.29, 1.82) is 0 Å². The van der Waals surface area contributed by atoms with Crippen molar-refractivity contribution in [2.45, 2.75) is 39.1 Å². The lowest BCUT2D eigenvalue weighted by Gasteiger charge is -2.15. The van der Waals surface area contributed by atoms with Crippen LogP contribution in [-0.2, 0) is 13.0 Å². The third kappa shape index (κ3) is 2.68. The van der Waals surface area contributed by atoms with Gasteiger partial charge in [-0.25, -0.2) is 0 Å². The van der Waals surface area contributed by atoms with Crippen molar-refractivity contribution < 1.29 is 18.3 Å². The fraction of sp³-hybridized carbons (Fsp3) is 0.667. The van der Waals surface area contributed by atoms with Gasteiger partial charge in [0.1, 0.15) is 0 Å². The zero-order valence-electron chi connectivity index (χ0n) is 8.85. The highest BCUT2D eigenvalue weighted by atomic mass is 35.5. The van der Waals surface area contributed by atoms with Crippen molar-refractivity contribution in [1.82, 2.24) is 9.78 Å². The lowest BCUT2D eigenvalue weighted by atomic mass is 10.2. The van der Waals surface area contributed by atoms with Crippen LogP contribution in [0.1, 0.15) is 18.3 Å². The van der Waals surface area contributed by atoms with E-state index in [1.54, 1.807) is 13.8 Å². The van der Waals surface area contributed by atoms with Crippen molar-refractivity contribution in [3.8, 4) is 0 Å². The molecule has 0 spiro atoms. The third-order valence-electron chi connectivity index (χ3n) is 2.22. The molecule has 0 aromatic carbocycles. The second kappa shape index (κ2) is 4.63. The van der Waals surface area contributed by atoms with E-state index in [2.05, 4.69) is 5.10 Å². The minimum absolute atomic E-state index is 0.185. The molecule has 0 fully saturated rings. The zero-order chi connectivity index (χ0) is 12.5. The fourth-order valence-corrected chi connectivity index (χ4v) is 1.58. The predicted molar refractivity (Wildman–Crippen MR) is 53.4 cm³/mol. The molecule has 1 atom stereocenters. The van der Waals surface area contributed by atoms with Gasteiger partial charge in [0, 0.05) is 13.0 Å². The van der Waals surface area contributed by atoms with Gasteiger partial charge in [-0.3, -0.25) is 4.68 Å². The minimum Gasteiger partial charge on any atom is -0.383 e. The predicted octanol–water partition coefficient (Wildman–Crippen LogP) is 2.33. The lowest BCUT2D eigenvalue weighted by molar-refractivity contribution is -0.203. The monoisotopic (exact) mass is 256 g/mol. The topological polar surface area (TPSA) is 38.0 Å². The summed E-state index contributed by atoms with van der Waals surface area (Å²) in [6.45, 7) is 3.76. The molecule has 0 aliphatic rings. The Hall–Kier alpha value is -0.750. The Morgan fingerprint density at radius 3 is 2.50 bits per heavy atom. The molecule has 0 aliphatic heterocycles. The molecule has 0 aliphatic carbocycles. The van der Waals surface area contributed by atoms with Crippen LogP contribution >= 0.6 is 11.6 Å². The maximum absolute atomic E-state index is 12.2. The van der Waals surface area contributed by atoms with Gasteiger partial charge in [-0.05, 0) is 13.8 Å². The van der Waals surface area contributed by atoms with Crippen LogP contribution in [0.5, 0.6) is 0 Å². The van der Waals surface area contributed by atoms with Gasteiger partial charge in [-0.2, -0.15) is 18.3 Å². The molecule has 92 valence electrons. The van der Waals surface area contributed by atoms with Gasteiger partial charge in [0.25, 0.3) is 0 Å². The minimum atomic E-state index is -4.64. The summed E-state index contributed by atoms with van der Waals surface area (Å²) in [4.78, 5) is 0. The number of hydrogen-bond donors (Lipinski definition) is 1. The summed E-state index contributed by atoms with van der Waals surface area (Å²) < 4.78 is 37.9. The van der Waals surface area contributed by atoms with Crippen molar-refractivity contribution >= 4 is 11.6 Å². The molecule has 0 radical (unpaired) electrons. The van der Waals surface area contributed by atoms with Crippen molar-refractivity contribution in [2.24, 2.45) is 0 Å². The van der Waals surface area contributed by atoms with E-state index in [-0.39, 0.29) is 10.7 Å². The standard InChI is InChI=1S/C9H12ClF3N2O/c1-3-15-6(8(10)5(2)14-15)4-7(16)9(11,12)13/h7,16H,3-4H2,1-2H3/t7-/m1/s1. The number of hydrogen-bond acceptors (Lipinski definition) is 2. The first-order chi connectivity index (χ1) is 7.27. The smallest absolute Gasteiger partial charge is 0.383 e. The van der Waals surface area contributed by atoms with E-state index in [4.69, 9.17) is 16.7 Å². The number of aromatic nitrogens is 2. The summed E-state index contributed by atoms with van der Waals surface area (Å²) in [6, 6.07) is 0. The summed E-state index contributed by atoms with van der Waals surface area (Å²) in [7, 11) is 0. The number of aliphatic hydroxyl groups is 1. The number of halogens is 4. The number of aryl methyl sites for hydroxylation is 2. The van der Waals surface area contributed by atoms with E-state index < -0.39 is 18.7 Å². The maximum Gasteiger partial charge on any atom is 0.414 e. The van der Waals surface area contributed by atoms with Crippen LogP contribution in [0, 0.1) is 6.92 Å². The normalized spacial score (nSPS) is 14.2. The second-order valence-corrected chi connectivity index (χ2v) is 3.80. The van der Waals surface area contributed by atoms with Crippen LogP contribution in [-0.4, -0.2) is 27.2 Å². The van der Waals surface area contributed by atoms with Crippen LogP contribution in [0.4, 0.5) is 13.2 Å². The number of rotatable bonds is 3. The summed E-state index contributed by atoms with van der Waals surface area (Å²) >= 11 is 5.83. The molecule has 0 saturated carbocycles. The van der Waals surface area contributed by atoms with Crippen LogP contribution < -0.4 is 0 Å². The lowest BCUT2D eigenvalue weighted by Crippen LogP contribution is -2.31. The second-order valence-electron chi connectivity index (χ2n) is 3.42. The Balaban J connectivity index is 2.96. The molecule has 1 rings (SSSR count). The average molecular weight is 257 g/mol. The van der Waals surface area contributed by atoms with E-state index in [1.165, 1.54) is 4.68 Å². The van der Waals surface area contributed by atoms with Crippen LogP contribution in [0.2, 0.25) is 5.02 Å². The van der Waals surface area contributed by atoms with E-state index in [0.717, 1.165) is 0 Å². The van der Waals surface area contributed by atoms with Gasteiger partial charge in [0.2, 0.25) is 0 Å². The fourth-order valence-electron chi connectivity index (χ4n) is 1.36. The molecule has 0 unspecified atom stereocenters. The molecule has 1 aromatic heterocycles. The first-order valence-electron chi connectivity index (χ1n) is 4.74. The first kappa shape index (κ1) is 13.3. The van der Waals surface area contributed by atoms with E-state index >= 15 is 0 Å². The summed E-state index contributed by atoms with van der Waals surface area (Å²) in [5, 5.41) is 13.1. The van der Waals surface area contributed by atoms with Crippen LogP contribution in [0.15, 0.2) is 0 Å². The molecule has 1 N–H and O–H groups in total. The molecule has 16 heavy (non-hydrogen) atoms. The van der Waals surface area contributed by atoms with Gasteiger partial charge >= 0.3 is 6.18 Å². The van der Waals surface area contributed by atoms with Crippen molar-refractivity contribution in [3.05, 3.63) is 16.4 Å². The highest BCUT2D eigenvalue weighted by molar-refractivity contribution is 6.31. The summed E-state index contributed by atoms with van der Waals surface area (Å²) in [5.41, 5.74) is 0.680. The molecule has 0 bridgehead atoms. The van der Waals surface area contributed by atoms with Gasteiger partial charge in [-0.15, -0.1) is 0 Å². The van der Waals surface area contributed by atoms with Gasteiger partial charge in [0.15, 0.2) is 6.10 Å². The molecular weight excluding hydrogens is 245 g/mol. The highest BCUT2D eigenvalue weighted by Gasteiger charge is 2.39. The quantitative estimate of drug-likeness (QED) is 0.901. The van der Waals surface area contributed by atoms with Gasteiger partial charge in [0.05, 0.1) is 16.4 Å². The van der Waals surface area contributed by atoms with Gasteiger partial charge in [-0.1, -0.05) is 11.6 Å². The molecule has 7 heteroatoms. The Bertz CT molecular complexity index is 376. The third-order valence-corrected chi connectivity index (χ3v) is 2.71. The Labute approximate surface area is 95.8 Å². The van der Waals surface area contributed by atoms with Crippen LogP contribution in [0.3, 0.4) is 0 Å². The van der Waals surface area contributed by atoms with E-state index in [9.17, 15) is 13.2 Å². The van der Waals surface area contributed by atoms with E-state index in [0.29, 0.717) is 12.2 Å². The zero-order valence-corrected chi connectivity index (χ0v) is 9.60. The number of nitrogens with zero attached hydrogens (tertiary/aromatic N) is 2. The maximum atomic E-state index is 12.2. The molecule has 0 saturated heterocycles. The molecule has 1 heterocycles. The van der Waals surface area contributed by atoms with Crippen LogP contribution in [0.25, 0.3) is 0 Å².